The Kier molecular flexibility index (Phi) is 5.65. The molecule has 25 heavy (non-hydrogen) atoms. The summed E-state index contributed by atoms with van der Waals surface area (Å²) in [5, 5.41) is 0.460. The van der Waals surface area contributed by atoms with Gasteiger partial charge in [0, 0.05) is 5.56 Å². The molecule has 0 saturated carbocycles. The molecule has 0 unspecified atom stereocenters. The molecule has 124 valence electrons. The third-order valence-corrected chi connectivity index (χ3v) is 4.02. The Bertz CT molecular complexity index is 868. The van der Waals surface area contributed by atoms with Gasteiger partial charge in [-0.15, -0.1) is 0 Å². The summed E-state index contributed by atoms with van der Waals surface area (Å²) in [6, 6.07) is 24.6. The van der Waals surface area contributed by atoms with Crippen LogP contribution in [0.2, 0.25) is 5.02 Å². The molecule has 0 radical (unpaired) electrons. The molecule has 0 heterocycles. The largest absolute Gasteiger partial charge is 0.489 e. The van der Waals surface area contributed by atoms with Crippen molar-refractivity contribution in [2.75, 3.05) is 0 Å². The lowest BCUT2D eigenvalue weighted by atomic mass is 10.1. The standard InChI is InChI=1S/C22H17ClO2/c23-21-9-5-4-8-20(21)22(24)15-12-17-10-13-19(14-11-17)25-16-18-6-2-1-3-7-18/h1-15H,16H2. The summed E-state index contributed by atoms with van der Waals surface area (Å²) in [4.78, 5) is 12.2. The van der Waals surface area contributed by atoms with Gasteiger partial charge in [-0.2, -0.15) is 0 Å². The van der Waals surface area contributed by atoms with E-state index in [0.717, 1.165) is 16.9 Å². The first-order valence-electron chi connectivity index (χ1n) is 7.96. The molecular weight excluding hydrogens is 332 g/mol. The zero-order chi connectivity index (χ0) is 17.5. The van der Waals surface area contributed by atoms with Crippen LogP contribution in [0.4, 0.5) is 0 Å². The van der Waals surface area contributed by atoms with Crippen LogP contribution in [-0.2, 0) is 6.61 Å². The highest BCUT2D eigenvalue weighted by molar-refractivity contribution is 6.34. The number of rotatable bonds is 6. The highest BCUT2D eigenvalue weighted by Gasteiger charge is 2.05. The number of halogens is 1. The summed E-state index contributed by atoms with van der Waals surface area (Å²) in [5.41, 5.74) is 2.55. The van der Waals surface area contributed by atoms with Crippen LogP contribution in [0.3, 0.4) is 0 Å². The highest BCUT2D eigenvalue weighted by atomic mass is 35.5. The molecule has 2 nitrogen and oxygen atoms in total. The van der Waals surface area contributed by atoms with E-state index in [9.17, 15) is 4.79 Å². The third kappa shape index (κ3) is 4.82. The maximum Gasteiger partial charge on any atom is 0.187 e. The van der Waals surface area contributed by atoms with Gasteiger partial charge in [0.25, 0.3) is 0 Å². The van der Waals surface area contributed by atoms with Crippen LogP contribution in [0.5, 0.6) is 5.75 Å². The first kappa shape index (κ1) is 17.0. The lowest BCUT2D eigenvalue weighted by Crippen LogP contribution is -1.95. The van der Waals surface area contributed by atoms with Crippen LogP contribution in [0, 0.1) is 0 Å². The number of benzene rings is 3. The average molecular weight is 349 g/mol. The second-order valence-electron chi connectivity index (χ2n) is 5.52. The average Bonchev–Trinajstić information content (AvgIpc) is 2.66. The summed E-state index contributed by atoms with van der Waals surface area (Å²) in [5.74, 6) is 0.674. The highest BCUT2D eigenvalue weighted by Crippen LogP contribution is 2.18. The fourth-order valence-corrected chi connectivity index (χ4v) is 2.57. The molecule has 0 aromatic heterocycles. The number of hydrogen-bond acceptors (Lipinski definition) is 2. The fraction of sp³-hybridized carbons (Fsp3) is 0.0455. The van der Waals surface area contributed by atoms with Gasteiger partial charge in [0.15, 0.2) is 5.78 Å². The summed E-state index contributed by atoms with van der Waals surface area (Å²) >= 11 is 6.04. The molecule has 0 aliphatic rings. The fourth-order valence-electron chi connectivity index (χ4n) is 2.34. The van der Waals surface area contributed by atoms with Crippen molar-refractivity contribution in [3.05, 3.63) is 107 Å². The summed E-state index contributed by atoms with van der Waals surface area (Å²) in [7, 11) is 0. The Hall–Kier alpha value is -2.84. The minimum absolute atomic E-state index is 0.116. The van der Waals surface area contributed by atoms with E-state index in [1.807, 2.05) is 54.6 Å². The second-order valence-corrected chi connectivity index (χ2v) is 5.93. The van der Waals surface area contributed by atoms with Crippen LogP contribution in [0.15, 0.2) is 84.9 Å². The van der Waals surface area contributed by atoms with Gasteiger partial charge in [0.2, 0.25) is 0 Å². The number of ketones is 1. The molecule has 0 atom stereocenters. The zero-order valence-corrected chi connectivity index (χ0v) is 14.3. The van der Waals surface area contributed by atoms with Gasteiger partial charge in [-0.25, -0.2) is 0 Å². The van der Waals surface area contributed by atoms with E-state index < -0.39 is 0 Å². The van der Waals surface area contributed by atoms with Crippen molar-refractivity contribution in [2.45, 2.75) is 6.61 Å². The van der Waals surface area contributed by atoms with Crippen LogP contribution in [0.1, 0.15) is 21.5 Å². The molecule has 0 saturated heterocycles. The van der Waals surface area contributed by atoms with E-state index in [0.29, 0.717) is 17.2 Å². The lowest BCUT2D eigenvalue weighted by Gasteiger charge is -2.06. The van der Waals surface area contributed by atoms with Gasteiger partial charge in [0.05, 0.1) is 5.02 Å². The van der Waals surface area contributed by atoms with E-state index in [1.165, 1.54) is 6.08 Å². The number of carbonyl (C=O) groups excluding carboxylic acids is 1. The summed E-state index contributed by atoms with van der Waals surface area (Å²) < 4.78 is 5.75. The molecule has 3 aromatic carbocycles. The minimum atomic E-state index is -0.116. The minimum Gasteiger partial charge on any atom is -0.489 e. The van der Waals surface area contributed by atoms with Crippen molar-refractivity contribution in [1.82, 2.24) is 0 Å². The van der Waals surface area contributed by atoms with Gasteiger partial charge in [-0.3, -0.25) is 4.79 Å². The maximum atomic E-state index is 12.2. The molecule has 0 aliphatic heterocycles. The quantitative estimate of drug-likeness (QED) is 0.414. The van der Waals surface area contributed by atoms with E-state index in [4.69, 9.17) is 16.3 Å². The normalized spacial score (nSPS) is 10.8. The van der Waals surface area contributed by atoms with Crippen LogP contribution in [0.25, 0.3) is 6.08 Å². The molecule has 0 N–H and O–H groups in total. The van der Waals surface area contributed by atoms with Crippen molar-refractivity contribution < 1.29 is 9.53 Å². The smallest absolute Gasteiger partial charge is 0.187 e. The Morgan fingerprint density at radius 2 is 1.56 bits per heavy atom. The monoisotopic (exact) mass is 348 g/mol. The first-order valence-corrected chi connectivity index (χ1v) is 8.34. The van der Waals surface area contributed by atoms with Gasteiger partial charge >= 0.3 is 0 Å². The van der Waals surface area contributed by atoms with Gasteiger partial charge in [-0.1, -0.05) is 72.3 Å². The number of carbonyl (C=O) groups is 1. The topological polar surface area (TPSA) is 26.3 Å². The molecule has 0 aliphatic carbocycles. The number of ether oxygens (including phenoxy) is 1. The van der Waals surface area contributed by atoms with Gasteiger partial charge in [0.1, 0.15) is 12.4 Å². The molecule has 0 spiro atoms. The van der Waals surface area contributed by atoms with Gasteiger partial charge < -0.3 is 4.74 Å². The molecule has 3 rings (SSSR count). The Morgan fingerprint density at radius 3 is 2.28 bits per heavy atom. The third-order valence-electron chi connectivity index (χ3n) is 3.69. The van der Waals surface area contributed by atoms with Gasteiger partial charge in [-0.05, 0) is 41.5 Å². The first-order chi connectivity index (χ1) is 12.2. The summed E-state index contributed by atoms with van der Waals surface area (Å²) in [6.07, 6.45) is 3.30. The van der Waals surface area contributed by atoms with Crippen molar-refractivity contribution in [2.24, 2.45) is 0 Å². The van der Waals surface area contributed by atoms with Crippen molar-refractivity contribution >= 4 is 23.5 Å². The SMILES string of the molecule is O=C(C=Cc1ccc(OCc2ccccc2)cc1)c1ccccc1Cl. The molecule has 3 aromatic rings. The van der Waals surface area contributed by atoms with E-state index in [1.54, 1.807) is 30.3 Å². The van der Waals surface area contributed by atoms with Crippen LogP contribution >= 0.6 is 11.6 Å². The zero-order valence-electron chi connectivity index (χ0n) is 13.6. The summed E-state index contributed by atoms with van der Waals surface area (Å²) in [6.45, 7) is 0.529. The molecule has 3 heteroatoms. The predicted molar refractivity (Wildman–Crippen MR) is 102 cm³/mol. The van der Waals surface area contributed by atoms with E-state index in [-0.39, 0.29) is 5.78 Å². The Morgan fingerprint density at radius 1 is 0.880 bits per heavy atom. The maximum absolute atomic E-state index is 12.2. The molecule has 0 amide bonds. The number of allylic oxidation sites excluding steroid dienone is 1. The molecule has 0 bridgehead atoms. The van der Waals surface area contributed by atoms with Crippen molar-refractivity contribution in [3.63, 3.8) is 0 Å². The number of hydrogen-bond donors (Lipinski definition) is 0. The molecular formula is C22H17ClO2. The Balaban J connectivity index is 1.60. The van der Waals surface area contributed by atoms with Crippen LogP contribution in [-0.4, -0.2) is 5.78 Å². The van der Waals surface area contributed by atoms with E-state index in [2.05, 4.69) is 0 Å². The Labute approximate surface area is 152 Å². The van der Waals surface area contributed by atoms with Crippen LogP contribution < -0.4 is 4.74 Å². The second kappa shape index (κ2) is 8.32. The van der Waals surface area contributed by atoms with E-state index >= 15 is 0 Å². The van der Waals surface area contributed by atoms with Crippen molar-refractivity contribution in [3.8, 4) is 5.75 Å². The van der Waals surface area contributed by atoms with Crippen molar-refractivity contribution in [1.29, 1.82) is 0 Å². The lowest BCUT2D eigenvalue weighted by molar-refractivity contribution is 0.104. The predicted octanol–water partition coefficient (Wildman–Crippen LogP) is 5.82. The molecule has 0 fully saturated rings.